The first-order valence-electron chi connectivity index (χ1n) is 6.94. The number of aliphatic hydroxyl groups excluding tert-OH is 1. The Bertz CT molecular complexity index is 445. The highest BCUT2D eigenvalue weighted by Crippen LogP contribution is 2.27. The molecule has 1 rings (SSSR count). The molecule has 20 heavy (non-hydrogen) atoms. The quantitative estimate of drug-likeness (QED) is 0.748. The normalized spacial score (nSPS) is 10.7. The first-order chi connectivity index (χ1) is 9.60. The van der Waals surface area contributed by atoms with Gasteiger partial charge in [-0.25, -0.2) is 0 Å². The van der Waals surface area contributed by atoms with Crippen molar-refractivity contribution in [3.05, 3.63) is 23.8 Å². The molecule has 0 spiro atoms. The Labute approximate surface area is 120 Å². The molecule has 0 heterocycles. The van der Waals surface area contributed by atoms with Crippen LogP contribution in [0.3, 0.4) is 0 Å². The third kappa shape index (κ3) is 3.42. The van der Waals surface area contributed by atoms with Crippen LogP contribution < -0.4 is 10.5 Å². The van der Waals surface area contributed by atoms with Crippen molar-refractivity contribution in [1.29, 1.82) is 0 Å². The third-order valence-corrected chi connectivity index (χ3v) is 3.48. The van der Waals surface area contributed by atoms with Crippen molar-refractivity contribution >= 4 is 11.6 Å². The van der Waals surface area contributed by atoms with Crippen molar-refractivity contribution in [2.24, 2.45) is 0 Å². The number of nitrogens with two attached hydrogens (primary N) is 1. The Morgan fingerprint density at radius 3 is 2.55 bits per heavy atom. The van der Waals surface area contributed by atoms with Gasteiger partial charge in [-0.15, -0.1) is 0 Å². The van der Waals surface area contributed by atoms with Gasteiger partial charge in [0.2, 0.25) is 0 Å². The van der Waals surface area contributed by atoms with Crippen molar-refractivity contribution in [2.45, 2.75) is 32.7 Å². The minimum atomic E-state index is -0.192. The Balaban J connectivity index is 3.18. The van der Waals surface area contributed by atoms with Crippen LogP contribution in [0.4, 0.5) is 5.69 Å². The van der Waals surface area contributed by atoms with Crippen molar-refractivity contribution in [2.75, 3.05) is 26.0 Å². The summed E-state index contributed by atoms with van der Waals surface area (Å²) in [6.45, 7) is 4.27. The van der Waals surface area contributed by atoms with Gasteiger partial charge >= 0.3 is 0 Å². The van der Waals surface area contributed by atoms with E-state index in [1.165, 1.54) is 7.11 Å². The van der Waals surface area contributed by atoms with Crippen LogP contribution >= 0.6 is 0 Å². The fourth-order valence-electron chi connectivity index (χ4n) is 2.38. The average molecular weight is 280 g/mol. The number of nitrogen functional groups attached to an aromatic ring is 1. The molecule has 0 radical (unpaired) electrons. The van der Waals surface area contributed by atoms with Gasteiger partial charge in [-0.05, 0) is 25.0 Å². The van der Waals surface area contributed by atoms with Gasteiger partial charge in [0, 0.05) is 18.3 Å². The molecular formula is C15H24N2O3. The van der Waals surface area contributed by atoms with Crippen LogP contribution in [0.15, 0.2) is 18.2 Å². The van der Waals surface area contributed by atoms with E-state index in [-0.39, 0.29) is 18.6 Å². The number of ether oxygens (including phenoxy) is 1. The second-order valence-electron chi connectivity index (χ2n) is 4.62. The Kier molecular flexibility index (Phi) is 6.31. The minimum absolute atomic E-state index is 0.0721. The molecule has 5 nitrogen and oxygen atoms in total. The van der Waals surface area contributed by atoms with Crippen molar-refractivity contribution in [1.82, 2.24) is 4.90 Å². The third-order valence-electron chi connectivity index (χ3n) is 3.48. The fourth-order valence-corrected chi connectivity index (χ4v) is 2.38. The first-order valence-corrected chi connectivity index (χ1v) is 6.94. The molecular weight excluding hydrogens is 256 g/mol. The molecule has 0 saturated heterocycles. The predicted octanol–water partition coefficient (Wildman–Crippen LogP) is 1.90. The van der Waals surface area contributed by atoms with Crippen molar-refractivity contribution in [3.8, 4) is 5.75 Å². The summed E-state index contributed by atoms with van der Waals surface area (Å²) in [6.07, 6.45) is 1.66. The minimum Gasteiger partial charge on any atom is -0.496 e. The van der Waals surface area contributed by atoms with E-state index in [2.05, 4.69) is 0 Å². The van der Waals surface area contributed by atoms with Crippen LogP contribution in [-0.2, 0) is 0 Å². The summed E-state index contributed by atoms with van der Waals surface area (Å²) >= 11 is 0. The molecule has 112 valence electrons. The molecule has 0 fully saturated rings. The predicted molar refractivity (Wildman–Crippen MR) is 79.9 cm³/mol. The molecule has 0 aliphatic rings. The molecule has 1 aromatic carbocycles. The maximum absolute atomic E-state index is 12.7. The van der Waals surface area contributed by atoms with Gasteiger partial charge in [-0.3, -0.25) is 4.79 Å². The lowest BCUT2D eigenvalue weighted by Crippen LogP contribution is -2.42. The molecule has 0 bridgehead atoms. The summed E-state index contributed by atoms with van der Waals surface area (Å²) in [4.78, 5) is 14.4. The molecule has 3 N–H and O–H groups in total. The monoisotopic (exact) mass is 280 g/mol. The van der Waals surface area contributed by atoms with Crippen LogP contribution in [0.5, 0.6) is 5.75 Å². The van der Waals surface area contributed by atoms with Gasteiger partial charge in [0.15, 0.2) is 0 Å². The summed E-state index contributed by atoms with van der Waals surface area (Å²) in [6, 6.07) is 5.23. The number of carbonyl (C=O) groups is 1. The molecule has 0 unspecified atom stereocenters. The van der Waals surface area contributed by atoms with E-state index in [0.717, 1.165) is 12.8 Å². The average Bonchev–Trinajstić information content (AvgIpc) is 2.46. The molecule has 0 aliphatic heterocycles. The molecule has 5 heteroatoms. The standard InChI is InChI=1S/C15H24N2O3/c1-4-11(5-2)17(9-10-18)15(19)14-12(16)7-6-8-13(14)20-3/h6-8,11,18H,4-5,9-10,16H2,1-3H3. The zero-order valence-electron chi connectivity index (χ0n) is 12.4. The summed E-state index contributed by atoms with van der Waals surface area (Å²) in [7, 11) is 1.51. The highest BCUT2D eigenvalue weighted by Gasteiger charge is 2.26. The number of amides is 1. The maximum Gasteiger partial charge on any atom is 0.260 e. The van der Waals surface area contributed by atoms with Crippen LogP contribution in [0.2, 0.25) is 0 Å². The van der Waals surface area contributed by atoms with E-state index in [4.69, 9.17) is 10.5 Å². The summed E-state index contributed by atoms with van der Waals surface area (Å²) in [5.74, 6) is 0.270. The topological polar surface area (TPSA) is 75.8 Å². The van der Waals surface area contributed by atoms with Gasteiger partial charge in [-0.2, -0.15) is 0 Å². The van der Waals surface area contributed by atoms with E-state index < -0.39 is 0 Å². The van der Waals surface area contributed by atoms with Gasteiger partial charge in [-0.1, -0.05) is 19.9 Å². The lowest BCUT2D eigenvalue weighted by Gasteiger charge is -2.30. The second kappa shape index (κ2) is 7.75. The SMILES string of the molecule is CCC(CC)N(CCO)C(=O)c1c(N)cccc1OC. The number of anilines is 1. The summed E-state index contributed by atoms with van der Waals surface area (Å²) in [5, 5.41) is 9.21. The van der Waals surface area contributed by atoms with Gasteiger partial charge in [0.05, 0.1) is 13.7 Å². The van der Waals surface area contributed by atoms with Crippen molar-refractivity contribution in [3.63, 3.8) is 0 Å². The zero-order chi connectivity index (χ0) is 15.1. The van der Waals surface area contributed by atoms with E-state index in [0.29, 0.717) is 23.5 Å². The Hall–Kier alpha value is -1.75. The first kappa shape index (κ1) is 16.3. The number of carbonyl (C=O) groups excluding carboxylic acids is 1. The van der Waals surface area contributed by atoms with Gasteiger partial charge in [0.1, 0.15) is 11.3 Å². The van der Waals surface area contributed by atoms with Gasteiger partial charge < -0.3 is 20.5 Å². The number of nitrogens with zero attached hydrogens (tertiary/aromatic N) is 1. The molecule has 0 aliphatic carbocycles. The van der Waals surface area contributed by atoms with E-state index in [1.54, 1.807) is 23.1 Å². The Morgan fingerprint density at radius 2 is 2.05 bits per heavy atom. The highest BCUT2D eigenvalue weighted by molar-refractivity contribution is 6.02. The molecule has 0 atom stereocenters. The van der Waals surface area contributed by atoms with Crippen molar-refractivity contribution < 1.29 is 14.6 Å². The zero-order valence-corrected chi connectivity index (χ0v) is 12.4. The number of aliphatic hydroxyl groups is 1. The number of rotatable bonds is 7. The molecule has 0 saturated carbocycles. The number of hydrogen-bond acceptors (Lipinski definition) is 4. The molecule has 0 aromatic heterocycles. The summed E-state index contributed by atoms with van der Waals surface area (Å²) < 4.78 is 5.23. The number of benzene rings is 1. The van der Waals surface area contributed by atoms with E-state index in [1.807, 2.05) is 13.8 Å². The van der Waals surface area contributed by atoms with E-state index >= 15 is 0 Å². The molecule has 1 amide bonds. The largest absolute Gasteiger partial charge is 0.496 e. The lowest BCUT2D eigenvalue weighted by molar-refractivity contribution is 0.0620. The smallest absolute Gasteiger partial charge is 0.260 e. The molecule has 1 aromatic rings. The number of methoxy groups -OCH3 is 1. The van der Waals surface area contributed by atoms with Gasteiger partial charge in [0.25, 0.3) is 5.91 Å². The Morgan fingerprint density at radius 1 is 1.40 bits per heavy atom. The lowest BCUT2D eigenvalue weighted by atomic mass is 10.1. The fraction of sp³-hybridized carbons (Fsp3) is 0.533. The van der Waals surface area contributed by atoms with E-state index in [9.17, 15) is 9.90 Å². The van der Waals surface area contributed by atoms with Crippen LogP contribution in [-0.4, -0.2) is 42.2 Å². The van der Waals surface area contributed by atoms with Crippen LogP contribution in [0.1, 0.15) is 37.0 Å². The summed E-state index contributed by atoms with van der Waals surface area (Å²) in [5.41, 5.74) is 6.69. The van der Waals surface area contributed by atoms with Crippen LogP contribution in [0, 0.1) is 0 Å². The number of hydrogen-bond donors (Lipinski definition) is 2. The highest BCUT2D eigenvalue weighted by atomic mass is 16.5. The second-order valence-corrected chi connectivity index (χ2v) is 4.62. The van der Waals surface area contributed by atoms with Crippen LogP contribution in [0.25, 0.3) is 0 Å². The maximum atomic E-state index is 12.7.